The summed E-state index contributed by atoms with van der Waals surface area (Å²) < 4.78 is 7.62. The second-order valence-corrected chi connectivity index (χ2v) is 4.27. The summed E-state index contributed by atoms with van der Waals surface area (Å²) in [5, 5.41) is 4.38. The highest BCUT2D eigenvalue weighted by molar-refractivity contribution is 5.60. The van der Waals surface area contributed by atoms with E-state index in [-0.39, 0.29) is 6.23 Å². The Bertz CT molecular complexity index is 474. The summed E-state index contributed by atoms with van der Waals surface area (Å²) in [4.78, 5) is 4.11. The minimum Gasteiger partial charge on any atom is -0.357 e. The number of pyridine rings is 1. The standard InChI is InChI=1S/C13H15N3O/c1-2-7-17-13(5-1)16-10-12(9-15-16)11-4-3-6-14-8-11/h3-4,6,8-10,13H,1-2,5,7H2/t13-/m1/s1. The van der Waals surface area contributed by atoms with Gasteiger partial charge in [0, 0.05) is 36.3 Å². The van der Waals surface area contributed by atoms with Gasteiger partial charge in [0.25, 0.3) is 0 Å². The van der Waals surface area contributed by atoms with Crippen molar-refractivity contribution in [3.63, 3.8) is 0 Å². The molecule has 2 aromatic rings. The molecule has 2 aromatic heterocycles. The molecule has 0 N–H and O–H groups in total. The van der Waals surface area contributed by atoms with E-state index in [0.717, 1.165) is 30.6 Å². The summed E-state index contributed by atoms with van der Waals surface area (Å²) in [6.07, 6.45) is 11.1. The van der Waals surface area contributed by atoms with E-state index in [0.29, 0.717) is 0 Å². The SMILES string of the molecule is c1cncc(-c2cnn([C@H]3CCCCO3)c2)c1. The zero-order valence-corrected chi connectivity index (χ0v) is 9.62. The van der Waals surface area contributed by atoms with Crippen molar-refractivity contribution in [3.8, 4) is 11.1 Å². The smallest absolute Gasteiger partial charge is 0.150 e. The van der Waals surface area contributed by atoms with Crippen molar-refractivity contribution in [1.82, 2.24) is 14.8 Å². The molecule has 88 valence electrons. The lowest BCUT2D eigenvalue weighted by Crippen LogP contribution is -2.18. The number of aromatic nitrogens is 3. The predicted molar refractivity (Wildman–Crippen MR) is 64.3 cm³/mol. The van der Waals surface area contributed by atoms with E-state index in [2.05, 4.69) is 10.1 Å². The zero-order chi connectivity index (χ0) is 11.5. The van der Waals surface area contributed by atoms with E-state index in [9.17, 15) is 0 Å². The highest BCUT2D eigenvalue weighted by atomic mass is 16.5. The van der Waals surface area contributed by atoms with Gasteiger partial charge in [0.05, 0.1) is 6.20 Å². The lowest BCUT2D eigenvalue weighted by molar-refractivity contribution is -0.0394. The minimum atomic E-state index is 0.106. The van der Waals surface area contributed by atoms with Gasteiger partial charge < -0.3 is 4.74 Å². The summed E-state index contributed by atoms with van der Waals surface area (Å²) in [5.41, 5.74) is 2.18. The Morgan fingerprint density at radius 1 is 1.24 bits per heavy atom. The Hall–Kier alpha value is -1.68. The maximum absolute atomic E-state index is 5.70. The minimum absolute atomic E-state index is 0.106. The molecule has 0 amide bonds. The summed E-state index contributed by atoms with van der Waals surface area (Å²) in [6.45, 7) is 0.840. The first-order valence-electron chi connectivity index (χ1n) is 5.99. The van der Waals surface area contributed by atoms with Gasteiger partial charge >= 0.3 is 0 Å². The fourth-order valence-electron chi connectivity index (χ4n) is 2.11. The Balaban J connectivity index is 1.83. The summed E-state index contributed by atoms with van der Waals surface area (Å²) >= 11 is 0. The summed E-state index contributed by atoms with van der Waals surface area (Å²) in [5.74, 6) is 0. The lowest BCUT2D eigenvalue weighted by Gasteiger charge is -2.22. The van der Waals surface area contributed by atoms with E-state index in [1.165, 1.54) is 6.42 Å². The Kier molecular flexibility index (Phi) is 2.88. The van der Waals surface area contributed by atoms with Crippen LogP contribution in [0.25, 0.3) is 11.1 Å². The van der Waals surface area contributed by atoms with Crippen LogP contribution in [0.15, 0.2) is 36.9 Å². The second-order valence-electron chi connectivity index (χ2n) is 4.27. The molecule has 1 fully saturated rings. The van der Waals surface area contributed by atoms with Gasteiger partial charge in [-0.2, -0.15) is 5.10 Å². The Labute approximate surface area is 100 Å². The van der Waals surface area contributed by atoms with Crippen molar-refractivity contribution in [3.05, 3.63) is 36.9 Å². The molecule has 4 heteroatoms. The molecule has 0 saturated carbocycles. The molecule has 4 nitrogen and oxygen atoms in total. The van der Waals surface area contributed by atoms with Gasteiger partial charge in [0.15, 0.2) is 0 Å². The van der Waals surface area contributed by atoms with Crippen LogP contribution in [0.3, 0.4) is 0 Å². The normalized spacial score (nSPS) is 20.4. The average Bonchev–Trinajstić information content (AvgIpc) is 2.90. The summed E-state index contributed by atoms with van der Waals surface area (Å²) in [7, 11) is 0. The molecule has 1 aliphatic heterocycles. The number of hydrogen-bond donors (Lipinski definition) is 0. The number of rotatable bonds is 2. The number of hydrogen-bond acceptors (Lipinski definition) is 3. The van der Waals surface area contributed by atoms with Crippen LogP contribution < -0.4 is 0 Å². The second kappa shape index (κ2) is 4.67. The van der Waals surface area contributed by atoms with Crippen LogP contribution in [0.4, 0.5) is 0 Å². The van der Waals surface area contributed by atoms with Gasteiger partial charge in [-0.3, -0.25) is 4.98 Å². The lowest BCUT2D eigenvalue weighted by atomic mass is 10.1. The van der Waals surface area contributed by atoms with Crippen LogP contribution in [-0.2, 0) is 4.74 Å². The monoisotopic (exact) mass is 229 g/mol. The maximum atomic E-state index is 5.70. The van der Waals surface area contributed by atoms with Crippen LogP contribution in [0, 0.1) is 0 Å². The van der Waals surface area contributed by atoms with Crippen LogP contribution in [0.5, 0.6) is 0 Å². The largest absolute Gasteiger partial charge is 0.357 e. The topological polar surface area (TPSA) is 39.9 Å². The van der Waals surface area contributed by atoms with Crippen molar-refractivity contribution >= 4 is 0 Å². The van der Waals surface area contributed by atoms with Crippen LogP contribution in [-0.4, -0.2) is 21.4 Å². The first-order valence-corrected chi connectivity index (χ1v) is 5.99. The maximum Gasteiger partial charge on any atom is 0.150 e. The first kappa shape index (κ1) is 10.5. The molecule has 0 bridgehead atoms. The van der Waals surface area contributed by atoms with Crippen molar-refractivity contribution in [1.29, 1.82) is 0 Å². The Morgan fingerprint density at radius 2 is 2.24 bits per heavy atom. The summed E-state index contributed by atoms with van der Waals surface area (Å²) in [6, 6.07) is 3.97. The third-order valence-corrected chi connectivity index (χ3v) is 3.05. The van der Waals surface area contributed by atoms with Crippen molar-refractivity contribution in [2.24, 2.45) is 0 Å². The highest BCUT2D eigenvalue weighted by Gasteiger charge is 2.16. The van der Waals surface area contributed by atoms with E-state index < -0.39 is 0 Å². The van der Waals surface area contributed by atoms with Gasteiger partial charge in [-0.25, -0.2) is 4.68 Å². The molecule has 1 saturated heterocycles. The van der Waals surface area contributed by atoms with E-state index in [1.807, 2.05) is 35.4 Å². The van der Waals surface area contributed by atoms with E-state index in [4.69, 9.17) is 4.74 Å². The van der Waals surface area contributed by atoms with Gasteiger partial charge in [0.2, 0.25) is 0 Å². The molecule has 0 aromatic carbocycles. The fraction of sp³-hybridized carbons (Fsp3) is 0.385. The van der Waals surface area contributed by atoms with Gasteiger partial charge in [-0.1, -0.05) is 6.07 Å². The first-order chi connectivity index (χ1) is 8.43. The molecule has 3 rings (SSSR count). The van der Waals surface area contributed by atoms with Crippen LogP contribution >= 0.6 is 0 Å². The molecule has 17 heavy (non-hydrogen) atoms. The number of nitrogens with zero attached hydrogens (tertiary/aromatic N) is 3. The molecule has 0 radical (unpaired) electrons. The Morgan fingerprint density at radius 3 is 3.00 bits per heavy atom. The van der Waals surface area contributed by atoms with E-state index >= 15 is 0 Å². The predicted octanol–water partition coefficient (Wildman–Crippen LogP) is 2.64. The zero-order valence-electron chi connectivity index (χ0n) is 9.62. The van der Waals surface area contributed by atoms with E-state index in [1.54, 1.807) is 6.20 Å². The third kappa shape index (κ3) is 2.22. The van der Waals surface area contributed by atoms with Gasteiger partial charge in [-0.15, -0.1) is 0 Å². The van der Waals surface area contributed by atoms with Crippen molar-refractivity contribution in [2.45, 2.75) is 25.5 Å². The highest BCUT2D eigenvalue weighted by Crippen LogP contribution is 2.24. The molecule has 3 heterocycles. The quantitative estimate of drug-likeness (QED) is 0.794. The van der Waals surface area contributed by atoms with Gasteiger partial charge in [-0.05, 0) is 25.3 Å². The number of ether oxygens (including phenoxy) is 1. The molecule has 1 atom stereocenters. The van der Waals surface area contributed by atoms with Crippen molar-refractivity contribution in [2.75, 3.05) is 6.61 Å². The molecule has 0 spiro atoms. The van der Waals surface area contributed by atoms with Crippen LogP contribution in [0.2, 0.25) is 0 Å². The average molecular weight is 229 g/mol. The molecular formula is C13H15N3O. The van der Waals surface area contributed by atoms with Crippen LogP contribution in [0.1, 0.15) is 25.5 Å². The fourth-order valence-corrected chi connectivity index (χ4v) is 2.11. The molecule has 0 unspecified atom stereocenters. The van der Waals surface area contributed by atoms with Gasteiger partial charge in [0.1, 0.15) is 6.23 Å². The molecular weight excluding hydrogens is 214 g/mol. The molecule has 1 aliphatic rings. The van der Waals surface area contributed by atoms with Crippen molar-refractivity contribution < 1.29 is 4.74 Å². The molecule has 0 aliphatic carbocycles. The third-order valence-electron chi connectivity index (χ3n) is 3.05.